The van der Waals surface area contributed by atoms with Crippen LogP contribution in [0, 0.1) is 0 Å². The molecule has 3 atom stereocenters. The van der Waals surface area contributed by atoms with E-state index in [1.165, 1.54) is 18.9 Å². The van der Waals surface area contributed by atoms with Gasteiger partial charge in [0.25, 0.3) is 0 Å². The molecule has 2 amide bonds. The Labute approximate surface area is 160 Å². The highest BCUT2D eigenvalue weighted by Gasteiger charge is 2.27. The number of carboxylic acid groups (broad SMARTS) is 1. The van der Waals surface area contributed by atoms with E-state index < -0.39 is 35.9 Å². The Morgan fingerprint density at radius 2 is 1.59 bits per heavy atom. The number of amides is 2. The van der Waals surface area contributed by atoms with Crippen molar-refractivity contribution < 1.29 is 19.5 Å². The van der Waals surface area contributed by atoms with Gasteiger partial charge in [0.2, 0.25) is 11.8 Å². The van der Waals surface area contributed by atoms with Crippen LogP contribution in [-0.4, -0.2) is 66.7 Å². The lowest BCUT2D eigenvalue weighted by atomic mass is 10.1. The molecule has 0 aliphatic heterocycles. The van der Waals surface area contributed by atoms with E-state index in [9.17, 15) is 19.5 Å². The summed E-state index contributed by atoms with van der Waals surface area (Å²) in [5.41, 5.74) is 6.91. The highest BCUT2D eigenvalue weighted by Crippen LogP contribution is 2.02. The SMILES string of the molecule is N[C@@H](Cc1c[nH]cn1)C(=O)N[C@@H](CS)C(=O)N[C@@H](Cc1c[nH]cn1)C(=O)O. The third-order valence-corrected chi connectivity index (χ3v) is 4.08. The van der Waals surface area contributed by atoms with Crippen LogP contribution in [0.5, 0.6) is 0 Å². The molecule has 0 aromatic carbocycles. The molecule has 2 rings (SSSR count). The fourth-order valence-corrected chi connectivity index (χ4v) is 2.53. The lowest BCUT2D eigenvalue weighted by Gasteiger charge is -2.21. The van der Waals surface area contributed by atoms with Crippen molar-refractivity contribution >= 4 is 30.4 Å². The zero-order valence-corrected chi connectivity index (χ0v) is 15.1. The predicted octanol–water partition coefficient (Wildman–Crippen LogP) is -1.77. The van der Waals surface area contributed by atoms with Gasteiger partial charge in [-0.2, -0.15) is 12.6 Å². The van der Waals surface area contributed by atoms with E-state index in [0.29, 0.717) is 11.4 Å². The van der Waals surface area contributed by atoms with E-state index in [-0.39, 0.29) is 18.6 Å². The van der Waals surface area contributed by atoms with E-state index in [1.54, 1.807) is 6.20 Å². The summed E-state index contributed by atoms with van der Waals surface area (Å²) in [4.78, 5) is 49.3. The Bertz CT molecular complexity index is 750. The molecule has 0 saturated carbocycles. The number of hydrogen-bond acceptors (Lipinski definition) is 7. The molecule has 27 heavy (non-hydrogen) atoms. The quantitative estimate of drug-likeness (QED) is 0.233. The third kappa shape index (κ3) is 6.11. The highest BCUT2D eigenvalue weighted by molar-refractivity contribution is 7.80. The predicted molar refractivity (Wildman–Crippen MR) is 97.9 cm³/mol. The zero-order chi connectivity index (χ0) is 19.8. The molecular weight excluding hydrogens is 374 g/mol. The van der Waals surface area contributed by atoms with Crippen molar-refractivity contribution in [3.8, 4) is 0 Å². The van der Waals surface area contributed by atoms with Gasteiger partial charge in [-0.15, -0.1) is 0 Å². The molecule has 0 spiro atoms. The number of nitrogens with one attached hydrogen (secondary N) is 4. The molecule has 12 heteroatoms. The van der Waals surface area contributed by atoms with Crippen molar-refractivity contribution in [2.45, 2.75) is 31.0 Å². The summed E-state index contributed by atoms with van der Waals surface area (Å²) in [6.45, 7) is 0. The van der Waals surface area contributed by atoms with Crippen molar-refractivity contribution in [2.24, 2.45) is 5.73 Å². The monoisotopic (exact) mass is 395 g/mol. The number of rotatable bonds is 10. The zero-order valence-electron chi connectivity index (χ0n) is 14.3. The van der Waals surface area contributed by atoms with Crippen LogP contribution in [0.4, 0.5) is 0 Å². The number of hydrogen-bond donors (Lipinski definition) is 7. The molecule has 0 bridgehead atoms. The van der Waals surface area contributed by atoms with Gasteiger partial charge in [0, 0.05) is 31.0 Å². The van der Waals surface area contributed by atoms with E-state index in [2.05, 4.69) is 43.2 Å². The molecule has 0 unspecified atom stereocenters. The standard InChI is InChI=1S/C15H21N7O4S/c16-10(1-8-3-17-6-19-8)13(23)22-12(5-27)14(24)21-11(15(25)26)2-9-4-18-7-20-9/h3-4,6-7,10-12,27H,1-2,5,16H2,(H,17,19)(H,18,20)(H,21,24)(H,22,23)(H,25,26)/t10-,11-,12-/m0/s1. The van der Waals surface area contributed by atoms with Gasteiger partial charge in [0.05, 0.1) is 30.1 Å². The second kappa shape index (κ2) is 9.73. The van der Waals surface area contributed by atoms with Crippen molar-refractivity contribution in [1.29, 1.82) is 0 Å². The summed E-state index contributed by atoms with van der Waals surface area (Å²) in [5, 5.41) is 14.2. The molecule has 2 aromatic rings. The molecule has 2 aromatic heterocycles. The lowest BCUT2D eigenvalue weighted by Crippen LogP contribution is -2.55. The van der Waals surface area contributed by atoms with Crippen LogP contribution >= 0.6 is 12.6 Å². The number of nitrogens with two attached hydrogens (primary N) is 1. The number of thiol groups is 1. The summed E-state index contributed by atoms with van der Waals surface area (Å²) < 4.78 is 0. The minimum Gasteiger partial charge on any atom is -0.480 e. The first-order valence-electron chi connectivity index (χ1n) is 8.06. The van der Waals surface area contributed by atoms with E-state index >= 15 is 0 Å². The molecule has 0 radical (unpaired) electrons. The topological polar surface area (TPSA) is 179 Å². The van der Waals surface area contributed by atoms with Gasteiger partial charge in [-0.1, -0.05) is 0 Å². The Morgan fingerprint density at radius 3 is 2.07 bits per heavy atom. The first-order valence-corrected chi connectivity index (χ1v) is 8.69. The molecule has 146 valence electrons. The van der Waals surface area contributed by atoms with Crippen LogP contribution in [0.15, 0.2) is 25.0 Å². The number of aliphatic carboxylic acids is 1. The number of aromatic amines is 2. The minimum absolute atomic E-state index is 0.00349. The second-order valence-electron chi connectivity index (χ2n) is 5.78. The van der Waals surface area contributed by atoms with Gasteiger partial charge < -0.3 is 31.4 Å². The largest absolute Gasteiger partial charge is 0.480 e. The van der Waals surface area contributed by atoms with Crippen LogP contribution < -0.4 is 16.4 Å². The molecular formula is C15H21N7O4S. The molecule has 0 fully saturated rings. The number of nitrogens with zero attached hydrogens (tertiary/aromatic N) is 2. The van der Waals surface area contributed by atoms with E-state index in [0.717, 1.165) is 0 Å². The van der Waals surface area contributed by atoms with Gasteiger partial charge in [0.1, 0.15) is 12.1 Å². The fraction of sp³-hybridized carbons (Fsp3) is 0.400. The molecule has 0 aliphatic rings. The summed E-state index contributed by atoms with van der Waals surface area (Å²) in [5.74, 6) is -2.48. The van der Waals surface area contributed by atoms with Crippen LogP contribution in [0.2, 0.25) is 0 Å². The number of imidazole rings is 2. The fourth-order valence-electron chi connectivity index (χ4n) is 2.28. The Morgan fingerprint density at radius 1 is 1.04 bits per heavy atom. The van der Waals surface area contributed by atoms with Gasteiger partial charge in [-0.25, -0.2) is 14.8 Å². The highest BCUT2D eigenvalue weighted by atomic mass is 32.1. The van der Waals surface area contributed by atoms with Crippen LogP contribution in [0.3, 0.4) is 0 Å². The second-order valence-corrected chi connectivity index (χ2v) is 6.14. The number of aromatic nitrogens is 4. The van der Waals surface area contributed by atoms with Gasteiger partial charge in [-0.3, -0.25) is 9.59 Å². The van der Waals surface area contributed by atoms with Gasteiger partial charge in [-0.05, 0) is 0 Å². The maximum atomic E-state index is 12.4. The van der Waals surface area contributed by atoms with Crippen molar-refractivity contribution in [3.63, 3.8) is 0 Å². The molecule has 0 saturated heterocycles. The van der Waals surface area contributed by atoms with Crippen LogP contribution in [0.25, 0.3) is 0 Å². The summed E-state index contributed by atoms with van der Waals surface area (Å²) >= 11 is 4.05. The molecule has 2 heterocycles. The third-order valence-electron chi connectivity index (χ3n) is 3.72. The lowest BCUT2D eigenvalue weighted by molar-refractivity contribution is -0.142. The minimum atomic E-state index is -1.22. The molecule has 7 N–H and O–H groups in total. The Hall–Kier alpha value is -2.86. The molecule has 0 aliphatic carbocycles. The van der Waals surface area contributed by atoms with Gasteiger partial charge in [0.15, 0.2) is 0 Å². The van der Waals surface area contributed by atoms with Crippen molar-refractivity contribution in [2.75, 3.05) is 5.75 Å². The summed E-state index contributed by atoms with van der Waals surface area (Å²) in [7, 11) is 0. The number of carbonyl (C=O) groups excluding carboxylic acids is 2. The maximum absolute atomic E-state index is 12.4. The molecule has 11 nitrogen and oxygen atoms in total. The first-order chi connectivity index (χ1) is 12.9. The van der Waals surface area contributed by atoms with E-state index in [1.807, 2.05) is 0 Å². The number of carbonyl (C=O) groups is 3. The average molecular weight is 395 g/mol. The average Bonchev–Trinajstić information content (AvgIpc) is 3.32. The normalized spacial score (nSPS) is 14.1. The van der Waals surface area contributed by atoms with Gasteiger partial charge >= 0.3 is 5.97 Å². The summed E-state index contributed by atoms with van der Waals surface area (Å²) in [6.07, 6.45) is 6.21. The van der Waals surface area contributed by atoms with E-state index in [4.69, 9.17) is 5.73 Å². The summed E-state index contributed by atoms with van der Waals surface area (Å²) in [6, 6.07) is -3.15. The van der Waals surface area contributed by atoms with Crippen LogP contribution in [0.1, 0.15) is 11.4 Å². The Kier molecular flexibility index (Phi) is 7.37. The van der Waals surface area contributed by atoms with Crippen LogP contribution in [-0.2, 0) is 27.2 Å². The Balaban J connectivity index is 1.92. The number of carboxylic acids is 1. The van der Waals surface area contributed by atoms with Crippen molar-refractivity contribution in [1.82, 2.24) is 30.6 Å². The van der Waals surface area contributed by atoms with Crippen molar-refractivity contribution in [3.05, 3.63) is 36.4 Å². The maximum Gasteiger partial charge on any atom is 0.326 e. The smallest absolute Gasteiger partial charge is 0.326 e. The number of H-pyrrole nitrogens is 2. The first kappa shape index (κ1) is 20.5.